The number of anilines is 1. The number of nitrogens with zero attached hydrogens (tertiary/aromatic N) is 1. The lowest BCUT2D eigenvalue weighted by molar-refractivity contribution is -0.118. The largest absolute Gasteiger partial charge is 0.493 e. The Hall–Kier alpha value is -2.93. The molecule has 0 unspecified atom stereocenters. The summed E-state index contributed by atoms with van der Waals surface area (Å²) in [5.41, 5.74) is 2.52. The summed E-state index contributed by atoms with van der Waals surface area (Å²) in [6, 6.07) is 6.94. The number of carbonyl (C=O) groups excluding carboxylic acids is 2. The molecule has 8 heteroatoms. The van der Waals surface area contributed by atoms with E-state index < -0.39 is 0 Å². The smallest absolute Gasteiger partial charge is 0.262 e. The van der Waals surface area contributed by atoms with Gasteiger partial charge < -0.3 is 24.4 Å². The lowest BCUT2D eigenvalue weighted by Crippen LogP contribution is -2.36. The Labute approximate surface area is 206 Å². The average Bonchev–Trinajstić information content (AvgIpc) is 2.84. The maximum absolute atomic E-state index is 13.3. The lowest BCUT2D eigenvalue weighted by Gasteiger charge is -2.28. The number of piperidine rings is 1. The lowest BCUT2D eigenvalue weighted by atomic mass is 10.0. The molecule has 1 aliphatic rings. The molecule has 0 aromatic heterocycles. The minimum absolute atomic E-state index is 0.146. The van der Waals surface area contributed by atoms with Crippen LogP contribution >= 0.6 is 11.6 Å². The Morgan fingerprint density at radius 2 is 1.65 bits per heavy atom. The van der Waals surface area contributed by atoms with Crippen LogP contribution in [0.1, 0.15) is 60.5 Å². The molecule has 0 saturated carbocycles. The standard InChI is InChI=1S/C26H33ClN2O5/c1-16(2)18-12-20(27)17(3)11-22(18)34-15-25(30)28-21-14-24(33-5)23(32-4)13-19(21)26(31)29-9-7-6-8-10-29/h11-14,16H,6-10,15H2,1-5H3,(H,28,30). The molecule has 0 atom stereocenters. The zero-order valence-electron chi connectivity index (χ0n) is 20.5. The number of rotatable bonds is 8. The van der Waals surface area contributed by atoms with Crippen molar-refractivity contribution in [1.82, 2.24) is 4.90 Å². The second-order valence-electron chi connectivity index (χ2n) is 8.74. The van der Waals surface area contributed by atoms with Crippen LogP contribution in [0.25, 0.3) is 0 Å². The normalized spacial score (nSPS) is 13.6. The predicted molar refractivity (Wildman–Crippen MR) is 134 cm³/mol. The molecular weight excluding hydrogens is 456 g/mol. The van der Waals surface area contributed by atoms with Crippen molar-refractivity contribution < 1.29 is 23.8 Å². The zero-order valence-corrected chi connectivity index (χ0v) is 21.3. The molecular formula is C26H33ClN2O5. The molecule has 1 fully saturated rings. The molecule has 34 heavy (non-hydrogen) atoms. The molecule has 3 rings (SSSR count). The van der Waals surface area contributed by atoms with Gasteiger partial charge in [0.1, 0.15) is 5.75 Å². The van der Waals surface area contributed by atoms with Crippen molar-refractivity contribution in [2.75, 3.05) is 39.2 Å². The van der Waals surface area contributed by atoms with Crippen molar-refractivity contribution in [2.45, 2.75) is 46.0 Å². The Morgan fingerprint density at radius 1 is 1.00 bits per heavy atom. The van der Waals surface area contributed by atoms with Gasteiger partial charge in [0, 0.05) is 24.2 Å². The van der Waals surface area contributed by atoms with Gasteiger partial charge in [0.15, 0.2) is 18.1 Å². The van der Waals surface area contributed by atoms with Crippen molar-refractivity contribution in [3.05, 3.63) is 46.0 Å². The quantitative estimate of drug-likeness (QED) is 0.536. The summed E-state index contributed by atoms with van der Waals surface area (Å²) in [6.45, 7) is 7.13. The number of benzene rings is 2. The van der Waals surface area contributed by atoms with Crippen molar-refractivity contribution in [3.63, 3.8) is 0 Å². The monoisotopic (exact) mass is 488 g/mol. The number of halogens is 1. The van der Waals surface area contributed by atoms with Gasteiger partial charge in [-0.25, -0.2) is 0 Å². The van der Waals surface area contributed by atoms with E-state index in [0.29, 0.717) is 46.6 Å². The summed E-state index contributed by atoms with van der Waals surface area (Å²) in [7, 11) is 3.02. The van der Waals surface area contributed by atoms with Crippen molar-refractivity contribution in [1.29, 1.82) is 0 Å². The molecule has 1 N–H and O–H groups in total. The molecule has 2 aromatic rings. The number of nitrogens with one attached hydrogen (secondary N) is 1. The van der Waals surface area contributed by atoms with Crippen LogP contribution in [-0.2, 0) is 4.79 Å². The van der Waals surface area contributed by atoms with Crippen LogP contribution in [-0.4, -0.2) is 50.6 Å². The van der Waals surface area contributed by atoms with Crippen LogP contribution in [0.3, 0.4) is 0 Å². The highest BCUT2D eigenvalue weighted by Gasteiger charge is 2.24. The number of aryl methyl sites for hydroxylation is 1. The summed E-state index contributed by atoms with van der Waals surface area (Å²) < 4.78 is 16.6. The number of ether oxygens (including phenoxy) is 3. The summed E-state index contributed by atoms with van der Waals surface area (Å²) in [5, 5.41) is 3.49. The van der Waals surface area contributed by atoms with Crippen LogP contribution in [0.2, 0.25) is 5.02 Å². The number of carbonyl (C=O) groups is 2. The molecule has 184 valence electrons. The van der Waals surface area contributed by atoms with E-state index in [9.17, 15) is 9.59 Å². The Kier molecular flexibility index (Phi) is 8.67. The minimum Gasteiger partial charge on any atom is -0.493 e. The molecule has 0 radical (unpaired) electrons. The van der Waals surface area contributed by atoms with Gasteiger partial charge in [0.2, 0.25) is 0 Å². The highest BCUT2D eigenvalue weighted by atomic mass is 35.5. The minimum atomic E-state index is -0.387. The van der Waals surface area contributed by atoms with E-state index in [2.05, 4.69) is 5.32 Å². The highest BCUT2D eigenvalue weighted by Crippen LogP contribution is 2.35. The molecule has 2 aromatic carbocycles. The van der Waals surface area contributed by atoms with Crippen LogP contribution < -0.4 is 19.5 Å². The van der Waals surface area contributed by atoms with Crippen molar-refractivity contribution >= 4 is 29.1 Å². The highest BCUT2D eigenvalue weighted by molar-refractivity contribution is 6.31. The van der Waals surface area contributed by atoms with E-state index >= 15 is 0 Å². The predicted octanol–water partition coefficient (Wildman–Crippen LogP) is 5.43. The van der Waals surface area contributed by atoms with E-state index in [1.165, 1.54) is 14.2 Å². The maximum atomic E-state index is 13.3. The molecule has 0 bridgehead atoms. The second kappa shape index (κ2) is 11.5. The third kappa shape index (κ3) is 5.95. The summed E-state index contributed by atoms with van der Waals surface area (Å²) >= 11 is 6.27. The second-order valence-corrected chi connectivity index (χ2v) is 9.14. The van der Waals surface area contributed by atoms with Gasteiger partial charge in [0.25, 0.3) is 11.8 Å². The van der Waals surface area contributed by atoms with Gasteiger partial charge in [-0.15, -0.1) is 0 Å². The van der Waals surface area contributed by atoms with Gasteiger partial charge >= 0.3 is 0 Å². The van der Waals surface area contributed by atoms with Crippen LogP contribution in [0.5, 0.6) is 17.2 Å². The van der Waals surface area contributed by atoms with Gasteiger partial charge in [-0.1, -0.05) is 25.4 Å². The molecule has 0 aliphatic carbocycles. The fourth-order valence-electron chi connectivity index (χ4n) is 4.00. The summed E-state index contributed by atoms with van der Waals surface area (Å²) in [6.07, 6.45) is 3.04. The van der Waals surface area contributed by atoms with Crippen molar-refractivity contribution in [2.24, 2.45) is 0 Å². The first kappa shape index (κ1) is 25.7. The number of methoxy groups -OCH3 is 2. The average molecular weight is 489 g/mol. The SMILES string of the molecule is COc1cc(NC(=O)COc2cc(C)c(Cl)cc2C(C)C)c(C(=O)N2CCCCC2)cc1OC. The third-order valence-electron chi connectivity index (χ3n) is 5.94. The molecule has 1 aliphatic heterocycles. The molecule has 2 amide bonds. The molecule has 1 heterocycles. The number of likely N-dealkylation sites (tertiary alicyclic amines) is 1. The summed E-state index contributed by atoms with van der Waals surface area (Å²) in [5.74, 6) is 1.11. The molecule has 7 nitrogen and oxygen atoms in total. The Morgan fingerprint density at radius 3 is 2.26 bits per heavy atom. The first-order valence-corrected chi connectivity index (χ1v) is 11.9. The maximum Gasteiger partial charge on any atom is 0.262 e. The fraction of sp³-hybridized carbons (Fsp3) is 0.462. The fourth-order valence-corrected chi connectivity index (χ4v) is 4.17. The topological polar surface area (TPSA) is 77.1 Å². The van der Waals surface area contributed by atoms with E-state index in [-0.39, 0.29) is 24.3 Å². The summed E-state index contributed by atoms with van der Waals surface area (Å²) in [4.78, 5) is 27.9. The van der Waals surface area contributed by atoms with E-state index in [0.717, 1.165) is 30.4 Å². The van der Waals surface area contributed by atoms with Gasteiger partial charge in [-0.2, -0.15) is 0 Å². The molecule has 0 spiro atoms. The Bertz CT molecular complexity index is 1050. The first-order valence-electron chi connectivity index (χ1n) is 11.5. The number of hydrogen-bond donors (Lipinski definition) is 1. The van der Waals surface area contributed by atoms with E-state index in [1.807, 2.05) is 37.8 Å². The van der Waals surface area contributed by atoms with Gasteiger partial charge in [-0.05, 0) is 61.4 Å². The first-order chi connectivity index (χ1) is 16.2. The van der Waals surface area contributed by atoms with E-state index in [1.54, 1.807) is 12.1 Å². The molecule has 1 saturated heterocycles. The van der Waals surface area contributed by atoms with Crippen LogP contribution in [0.15, 0.2) is 24.3 Å². The van der Waals surface area contributed by atoms with Crippen LogP contribution in [0.4, 0.5) is 5.69 Å². The van der Waals surface area contributed by atoms with Crippen molar-refractivity contribution in [3.8, 4) is 17.2 Å². The number of amides is 2. The van der Waals surface area contributed by atoms with E-state index in [4.69, 9.17) is 25.8 Å². The van der Waals surface area contributed by atoms with Gasteiger partial charge in [0.05, 0.1) is 25.5 Å². The zero-order chi connectivity index (χ0) is 24.8. The van der Waals surface area contributed by atoms with Gasteiger partial charge in [-0.3, -0.25) is 9.59 Å². The third-order valence-corrected chi connectivity index (χ3v) is 6.35. The van der Waals surface area contributed by atoms with Crippen LogP contribution in [0, 0.1) is 6.92 Å². The number of hydrogen-bond acceptors (Lipinski definition) is 5. The Balaban J connectivity index is 1.83.